The van der Waals surface area contributed by atoms with Crippen molar-refractivity contribution in [3.63, 3.8) is 0 Å². The van der Waals surface area contributed by atoms with E-state index in [-0.39, 0.29) is 5.70 Å². The predicted molar refractivity (Wildman–Crippen MR) is 134 cm³/mol. The maximum absolute atomic E-state index is 12.9. The topological polar surface area (TPSA) is 92.7 Å². The number of hydrogen-bond acceptors (Lipinski definition) is 4. The third-order valence-corrected chi connectivity index (χ3v) is 6.02. The Bertz CT molecular complexity index is 1320. The summed E-state index contributed by atoms with van der Waals surface area (Å²) in [6, 6.07) is 16.6. The second kappa shape index (κ2) is 9.89. The number of aromatic nitrogens is 1. The summed E-state index contributed by atoms with van der Waals surface area (Å²) >= 11 is 0. The van der Waals surface area contributed by atoms with E-state index >= 15 is 0 Å². The number of imide groups is 1. The molecule has 180 valence electrons. The Kier molecular flexibility index (Phi) is 6.73. The Morgan fingerprint density at radius 3 is 2.49 bits per heavy atom. The van der Waals surface area contributed by atoms with E-state index in [1.165, 1.54) is 12.7 Å². The van der Waals surface area contributed by atoms with Crippen LogP contribution in [0.25, 0.3) is 11.8 Å². The number of carbonyl (C=O) groups is 3. The summed E-state index contributed by atoms with van der Waals surface area (Å²) in [6.45, 7) is 5.66. The van der Waals surface area contributed by atoms with Gasteiger partial charge in [-0.15, -0.1) is 0 Å². The Morgan fingerprint density at radius 1 is 1.09 bits per heavy atom. The SMILES string of the molecule is CCc1ccc(-n2c(C)cc(/C=C3/NC(=O)N(CC(=O)Nc4ccccc4OC)C3=O)c2C)cc1. The molecule has 3 aromatic rings. The van der Waals surface area contributed by atoms with Crippen LogP contribution >= 0.6 is 0 Å². The molecule has 0 bridgehead atoms. The van der Waals surface area contributed by atoms with Crippen molar-refractivity contribution in [2.24, 2.45) is 0 Å². The van der Waals surface area contributed by atoms with Crippen LogP contribution in [0, 0.1) is 13.8 Å². The van der Waals surface area contributed by atoms with E-state index in [1.807, 2.05) is 19.9 Å². The van der Waals surface area contributed by atoms with Gasteiger partial charge in [0.15, 0.2) is 0 Å². The number of rotatable bonds is 7. The fraction of sp³-hybridized carbons (Fsp3) is 0.222. The zero-order valence-electron chi connectivity index (χ0n) is 20.2. The van der Waals surface area contributed by atoms with Gasteiger partial charge in [-0.2, -0.15) is 0 Å². The van der Waals surface area contributed by atoms with Crippen molar-refractivity contribution in [3.05, 3.63) is 82.8 Å². The molecule has 1 aliphatic heterocycles. The third-order valence-electron chi connectivity index (χ3n) is 6.02. The fourth-order valence-corrected chi connectivity index (χ4v) is 4.16. The van der Waals surface area contributed by atoms with Crippen molar-refractivity contribution < 1.29 is 19.1 Å². The van der Waals surface area contributed by atoms with Crippen LogP contribution in [-0.2, 0) is 16.0 Å². The van der Waals surface area contributed by atoms with Crippen LogP contribution < -0.4 is 15.4 Å². The minimum Gasteiger partial charge on any atom is -0.495 e. The smallest absolute Gasteiger partial charge is 0.329 e. The minimum atomic E-state index is -0.639. The highest BCUT2D eigenvalue weighted by atomic mass is 16.5. The van der Waals surface area contributed by atoms with Crippen molar-refractivity contribution in [2.75, 3.05) is 19.0 Å². The molecule has 0 atom stereocenters. The number of nitrogens with one attached hydrogen (secondary N) is 2. The van der Waals surface area contributed by atoms with E-state index in [0.717, 1.165) is 34.0 Å². The Hall–Kier alpha value is -4.33. The number of hydrogen-bond donors (Lipinski definition) is 2. The molecule has 0 radical (unpaired) electrons. The van der Waals surface area contributed by atoms with Gasteiger partial charge in [0.25, 0.3) is 5.91 Å². The van der Waals surface area contributed by atoms with E-state index in [2.05, 4.69) is 46.4 Å². The lowest BCUT2D eigenvalue weighted by atomic mass is 10.1. The molecule has 8 heteroatoms. The molecule has 2 N–H and O–H groups in total. The van der Waals surface area contributed by atoms with E-state index < -0.39 is 24.4 Å². The molecule has 0 aliphatic carbocycles. The lowest BCUT2D eigenvalue weighted by Gasteiger charge is -2.13. The number of anilines is 1. The van der Waals surface area contributed by atoms with E-state index in [1.54, 1.807) is 30.3 Å². The highest BCUT2D eigenvalue weighted by Gasteiger charge is 2.35. The first-order valence-electron chi connectivity index (χ1n) is 11.4. The van der Waals surface area contributed by atoms with Gasteiger partial charge in [0.2, 0.25) is 5.91 Å². The first kappa shape index (κ1) is 23.8. The molecule has 0 unspecified atom stereocenters. The monoisotopic (exact) mass is 472 g/mol. The number of aryl methyl sites for hydroxylation is 2. The molecule has 4 rings (SSSR count). The van der Waals surface area contributed by atoms with Gasteiger partial charge in [0, 0.05) is 17.1 Å². The van der Waals surface area contributed by atoms with Crippen molar-refractivity contribution >= 4 is 29.6 Å². The highest BCUT2D eigenvalue weighted by molar-refractivity contribution is 6.16. The van der Waals surface area contributed by atoms with Crippen molar-refractivity contribution in [1.29, 1.82) is 0 Å². The van der Waals surface area contributed by atoms with Gasteiger partial charge in [-0.1, -0.05) is 31.2 Å². The molecule has 1 saturated heterocycles. The summed E-state index contributed by atoms with van der Waals surface area (Å²) in [5.41, 5.74) is 5.62. The van der Waals surface area contributed by atoms with Crippen LogP contribution in [-0.4, -0.2) is 41.0 Å². The van der Waals surface area contributed by atoms with Crippen LogP contribution in [0.3, 0.4) is 0 Å². The molecule has 1 aromatic heterocycles. The van der Waals surface area contributed by atoms with Gasteiger partial charge in [0.1, 0.15) is 18.0 Å². The summed E-state index contributed by atoms with van der Waals surface area (Å²) in [7, 11) is 1.50. The lowest BCUT2D eigenvalue weighted by molar-refractivity contribution is -0.127. The zero-order chi connectivity index (χ0) is 25.1. The van der Waals surface area contributed by atoms with Gasteiger partial charge >= 0.3 is 6.03 Å². The molecule has 8 nitrogen and oxygen atoms in total. The molecule has 4 amide bonds. The molecule has 1 aliphatic rings. The normalized spacial score (nSPS) is 14.4. The number of carbonyl (C=O) groups excluding carboxylic acids is 3. The maximum atomic E-state index is 12.9. The molecular formula is C27H28N4O4. The second-order valence-electron chi connectivity index (χ2n) is 8.31. The Balaban J connectivity index is 1.52. The first-order chi connectivity index (χ1) is 16.8. The molecule has 35 heavy (non-hydrogen) atoms. The molecule has 1 fully saturated rings. The number of para-hydroxylation sites is 2. The molecular weight excluding hydrogens is 444 g/mol. The van der Waals surface area contributed by atoms with Crippen molar-refractivity contribution in [2.45, 2.75) is 27.2 Å². The maximum Gasteiger partial charge on any atom is 0.329 e. The highest BCUT2D eigenvalue weighted by Crippen LogP contribution is 2.25. The van der Waals surface area contributed by atoms with Gasteiger partial charge in [-0.3, -0.25) is 9.59 Å². The number of methoxy groups -OCH3 is 1. The molecule has 0 spiro atoms. The summed E-state index contributed by atoms with van der Waals surface area (Å²) in [4.78, 5) is 38.8. The fourth-order valence-electron chi connectivity index (χ4n) is 4.16. The van der Waals surface area contributed by atoms with E-state index in [0.29, 0.717) is 11.4 Å². The molecule has 2 heterocycles. The summed E-state index contributed by atoms with van der Waals surface area (Å²) in [5, 5.41) is 5.27. The van der Waals surface area contributed by atoms with Crippen LogP contribution in [0.15, 0.2) is 60.3 Å². The van der Waals surface area contributed by atoms with Crippen LogP contribution in [0.1, 0.15) is 29.4 Å². The van der Waals surface area contributed by atoms with Gasteiger partial charge in [0.05, 0.1) is 12.8 Å². The van der Waals surface area contributed by atoms with Crippen molar-refractivity contribution in [3.8, 4) is 11.4 Å². The second-order valence-corrected chi connectivity index (χ2v) is 8.31. The predicted octanol–water partition coefficient (Wildman–Crippen LogP) is 4.20. The van der Waals surface area contributed by atoms with Crippen molar-refractivity contribution in [1.82, 2.24) is 14.8 Å². The Labute approximate surface area is 204 Å². The van der Waals surface area contributed by atoms with Gasteiger partial charge in [-0.25, -0.2) is 9.69 Å². The third kappa shape index (κ3) is 4.82. The number of amides is 4. The summed E-state index contributed by atoms with van der Waals surface area (Å²) < 4.78 is 7.33. The number of nitrogens with zero attached hydrogens (tertiary/aromatic N) is 2. The summed E-state index contributed by atoms with van der Waals surface area (Å²) in [6.07, 6.45) is 2.62. The lowest BCUT2D eigenvalue weighted by Crippen LogP contribution is -2.38. The largest absolute Gasteiger partial charge is 0.495 e. The number of ether oxygens (including phenoxy) is 1. The van der Waals surface area contributed by atoms with Gasteiger partial charge in [-0.05, 0) is 67.8 Å². The first-order valence-corrected chi connectivity index (χ1v) is 11.4. The number of benzene rings is 2. The molecule has 2 aromatic carbocycles. The average molecular weight is 473 g/mol. The van der Waals surface area contributed by atoms with E-state index in [4.69, 9.17) is 4.74 Å². The standard InChI is InChI=1S/C27H28N4O4/c1-5-19-10-12-21(13-11-19)31-17(2)14-20(18(31)3)15-23-26(33)30(27(34)29-23)16-25(32)28-22-8-6-7-9-24(22)35-4/h6-15H,5,16H2,1-4H3,(H,28,32)(H,29,34)/b23-15+. The minimum absolute atomic E-state index is 0.127. The Morgan fingerprint density at radius 2 is 1.80 bits per heavy atom. The molecule has 0 saturated carbocycles. The summed E-state index contributed by atoms with van der Waals surface area (Å²) in [5.74, 6) is -0.575. The van der Waals surface area contributed by atoms with E-state index in [9.17, 15) is 14.4 Å². The quantitative estimate of drug-likeness (QED) is 0.398. The van der Waals surface area contributed by atoms with Crippen LogP contribution in [0.4, 0.5) is 10.5 Å². The van der Waals surface area contributed by atoms with Gasteiger partial charge < -0.3 is 19.9 Å². The average Bonchev–Trinajstić information content (AvgIpc) is 3.28. The number of urea groups is 1. The zero-order valence-corrected chi connectivity index (χ0v) is 20.2. The van der Waals surface area contributed by atoms with Crippen LogP contribution in [0.2, 0.25) is 0 Å². The van der Waals surface area contributed by atoms with Crippen LogP contribution in [0.5, 0.6) is 5.75 Å².